The second-order valence-corrected chi connectivity index (χ2v) is 5.19. The predicted molar refractivity (Wildman–Crippen MR) is 64.5 cm³/mol. The molecule has 0 spiro atoms. The van der Waals surface area contributed by atoms with Crippen LogP contribution in [0.4, 0.5) is 0 Å². The lowest BCUT2D eigenvalue weighted by Crippen LogP contribution is -2.14. The Morgan fingerprint density at radius 3 is 3.12 bits per heavy atom. The van der Waals surface area contributed by atoms with Crippen molar-refractivity contribution in [3.63, 3.8) is 0 Å². The summed E-state index contributed by atoms with van der Waals surface area (Å²) in [5.41, 5.74) is 1.32. The van der Waals surface area contributed by atoms with E-state index in [4.69, 9.17) is 4.52 Å². The molecule has 1 saturated heterocycles. The Hall–Kier alpha value is -0.830. The molecule has 2 heterocycles. The second kappa shape index (κ2) is 5.48. The van der Waals surface area contributed by atoms with Crippen LogP contribution in [0.3, 0.4) is 0 Å². The van der Waals surface area contributed by atoms with Crippen molar-refractivity contribution >= 4 is 0 Å². The maximum Gasteiger partial charge on any atom is 0.143 e. The summed E-state index contributed by atoms with van der Waals surface area (Å²) in [5, 5.41) is 7.42. The first-order valence-electron chi connectivity index (χ1n) is 6.41. The van der Waals surface area contributed by atoms with Crippen LogP contribution in [0.25, 0.3) is 0 Å². The van der Waals surface area contributed by atoms with Crippen LogP contribution in [0.15, 0.2) is 10.7 Å². The molecule has 1 N–H and O–H groups in total. The van der Waals surface area contributed by atoms with E-state index in [-0.39, 0.29) is 0 Å². The van der Waals surface area contributed by atoms with E-state index in [0.717, 1.165) is 25.3 Å². The highest BCUT2D eigenvalue weighted by Gasteiger charge is 2.21. The molecule has 1 aromatic rings. The maximum atomic E-state index is 5.48. The highest BCUT2D eigenvalue weighted by Crippen LogP contribution is 2.29. The molecule has 0 radical (unpaired) electrons. The summed E-state index contributed by atoms with van der Waals surface area (Å²) in [6, 6.07) is 0. The Morgan fingerprint density at radius 1 is 1.44 bits per heavy atom. The van der Waals surface area contributed by atoms with Gasteiger partial charge in [-0.1, -0.05) is 19.0 Å². The topological polar surface area (TPSA) is 38.1 Å². The highest BCUT2D eigenvalue weighted by molar-refractivity contribution is 5.18. The fraction of sp³-hybridized carbons (Fsp3) is 0.769. The van der Waals surface area contributed by atoms with E-state index in [0.29, 0.717) is 11.8 Å². The molecule has 3 heteroatoms. The van der Waals surface area contributed by atoms with E-state index in [2.05, 4.69) is 24.3 Å². The van der Waals surface area contributed by atoms with Crippen LogP contribution in [0, 0.1) is 5.92 Å². The van der Waals surface area contributed by atoms with E-state index in [1.807, 2.05) is 6.20 Å². The van der Waals surface area contributed by atoms with Gasteiger partial charge in [-0.2, -0.15) is 0 Å². The zero-order valence-electron chi connectivity index (χ0n) is 10.3. The van der Waals surface area contributed by atoms with Gasteiger partial charge in [0.1, 0.15) is 5.76 Å². The van der Waals surface area contributed by atoms with Crippen molar-refractivity contribution in [1.29, 1.82) is 0 Å². The first kappa shape index (κ1) is 11.6. The maximum absolute atomic E-state index is 5.48. The summed E-state index contributed by atoms with van der Waals surface area (Å²) in [6.07, 6.45) is 6.65. The Kier molecular flexibility index (Phi) is 3.99. The molecule has 16 heavy (non-hydrogen) atoms. The number of aromatic nitrogens is 1. The smallest absolute Gasteiger partial charge is 0.143 e. The van der Waals surface area contributed by atoms with Crippen LogP contribution in [-0.2, 0) is 6.42 Å². The first-order valence-corrected chi connectivity index (χ1v) is 6.41. The SMILES string of the molecule is CC(C)Cc1cnoc1C1CCCNCC1. The second-order valence-electron chi connectivity index (χ2n) is 5.19. The minimum atomic E-state index is 0.575. The fourth-order valence-electron chi connectivity index (χ4n) is 2.48. The van der Waals surface area contributed by atoms with E-state index in [1.165, 1.54) is 24.8 Å². The van der Waals surface area contributed by atoms with Crippen molar-refractivity contribution in [3.8, 4) is 0 Å². The summed E-state index contributed by atoms with van der Waals surface area (Å²) in [6.45, 7) is 6.73. The number of hydrogen-bond acceptors (Lipinski definition) is 3. The highest BCUT2D eigenvalue weighted by atomic mass is 16.5. The molecule has 90 valence electrons. The Bertz CT molecular complexity index is 311. The molecule has 0 aliphatic carbocycles. The summed E-state index contributed by atoms with van der Waals surface area (Å²) in [7, 11) is 0. The Morgan fingerprint density at radius 2 is 2.31 bits per heavy atom. The van der Waals surface area contributed by atoms with Crippen molar-refractivity contribution in [2.75, 3.05) is 13.1 Å². The van der Waals surface area contributed by atoms with Crippen LogP contribution in [0.2, 0.25) is 0 Å². The average molecular weight is 222 g/mol. The first-order chi connectivity index (χ1) is 7.77. The van der Waals surface area contributed by atoms with Gasteiger partial charge < -0.3 is 9.84 Å². The lowest BCUT2D eigenvalue weighted by molar-refractivity contribution is 0.347. The van der Waals surface area contributed by atoms with Crippen LogP contribution < -0.4 is 5.32 Å². The van der Waals surface area contributed by atoms with Crippen molar-refractivity contribution in [2.24, 2.45) is 5.92 Å². The summed E-state index contributed by atoms with van der Waals surface area (Å²) < 4.78 is 5.48. The monoisotopic (exact) mass is 222 g/mol. The largest absolute Gasteiger partial charge is 0.361 e. The third-order valence-electron chi connectivity index (χ3n) is 3.25. The van der Waals surface area contributed by atoms with Gasteiger partial charge >= 0.3 is 0 Å². The van der Waals surface area contributed by atoms with Crippen LogP contribution >= 0.6 is 0 Å². The number of nitrogens with zero attached hydrogens (tertiary/aromatic N) is 1. The van der Waals surface area contributed by atoms with Gasteiger partial charge in [0.2, 0.25) is 0 Å². The molecule has 3 nitrogen and oxygen atoms in total. The van der Waals surface area contributed by atoms with Gasteiger partial charge in [-0.15, -0.1) is 0 Å². The van der Waals surface area contributed by atoms with Crippen molar-refractivity contribution in [3.05, 3.63) is 17.5 Å². The lowest BCUT2D eigenvalue weighted by atomic mass is 9.92. The minimum Gasteiger partial charge on any atom is -0.361 e. The van der Waals surface area contributed by atoms with Gasteiger partial charge in [0.25, 0.3) is 0 Å². The molecule has 2 rings (SSSR count). The molecule has 0 saturated carbocycles. The van der Waals surface area contributed by atoms with E-state index in [9.17, 15) is 0 Å². The van der Waals surface area contributed by atoms with E-state index < -0.39 is 0 Å². The summed E-state index contributed by atoms with van der Waals surface area (Å²) in [4.78, 5) is 0. The number of nitrogens with one attached hydrogen (secondary N) is 1. The minimum absolute atomic E-state index is 0.575. The molecule has 1 aliphatic rings. The fourth-order valence-corrected chi connectivity index (χ4v) is 2.48. The summed E-state index contributed by atoms with van der Waals surface area (Å²) >= 11 is 0. The molecule has 0 bridgehead atoms. The van der Waals surface area contributed by atoms with Gasteiger partial charge in [0.15, 0.2) is 0 Å². The van der Waals surface area contributed by atoms with Crippen molar-refractivity contribution in [1.82, 2.24) is 10.5 Å². The quantitative estimate of drug-likeness (QED) is 0.854. The Labute approximate surface area is 97.6 Å². The predicted octanol–water partition coefficient (Wildman–Crippen LogP) is 2.73. The molecule has 0 aromatic carbocycles. The van der Waals surface area contributed by atoms with Gasteiger partial charge in [-0.25, -0.2) is 0 Å². The van der Waals surface area contributed by atoms with Crippen LogP contribution in [0.1, 0.15) is 50.4 Å². The van der Waals surface area contributed by atoms with Crippen LogP contribution in [0.5, 0.6) is 0 Å². The average Bonchev–Trinajstić information content (AvgIpc) is 2.53. The molecule has 0 amide bonds. The van der Waals surface area contributed by atoms with Crippen molar-refractivity contribution < 1.29 is 4.52 Å². The lowest BCUT2D eigenvalue weighted by Gasteiger charge is -2.12. The molecule has 1 aromatic heterocycles. The van der Waals surface area contributed by atoms with E-state index >= 15 is 0 Å². The normalized spacial score (nSPS) is 22.3. The molecule has 1 atom stereocenters. The van der Waals surface area contributed by atoms with E-state index in [1.54, 1.807) is 0 Å². The third-order valence-corrected chi connectivity index (χ3v) is 3.25. The zero-order valence-corrected chi connectivity index (χ0v) is 10.3. The molecular formula is C13H22N2O. The molecule has 1 unspecified atom stereocenters. The number of hydrogen-bond donors (Lipinski definition) is 1. The molecule has 1 fully saturated rings. The van der Waals surface area contributed by atoms with Gasteiger partial charge in [-0.3, -0.25) is 0 Å². The van der Waals surface area contributed by atoms with Gasteiger partial charge in [0, 0.05) is 11.5 Å². The molecule has 1 aliphatic heterocycles. The third kappa shape index (κ3) is 2.85. The van der Waals surface area contributed by atoms with Gasteiger partial charge in [-0.05, 0) is 44.7 Å². The van der Waals surface area contributed by atoms with Gasteiger partial charge in [0.05, 0.1) is 6.20 Å². The standard InChI is InChI=1S/C13H22N2O/c1-10(2)8-12-9-15-16-13(12)11-4-3-6-14-7-5-11/h9-11,14H,3-8H2,1-2H3. The summed E-state index contributed by atoms with van der Waals surface area (Å²) in [5.74, 6) is 2.39. The number of rotatable bonds is 3. The molecular weight excluding hydrogens is 200 g/mol. The van der Waals surface area contributed by atoms with Crippen LogP contribution in [-0.4, -0.2) is 18.2 Å². The zero-order chi connectivity index (χ0) is 11.4. The van der Waals surface area contributed by atoms with Crippen molar-refractivity contribution in [2.45, 2.75) is 45.4 Å². The Balaban J connectivity index is 2.09.